The summed E-state index contributed by atoms with van der Waals surface area (Å²) in [6.07, 6.45) is 4.88. The molecule has 0 saturated carbocycles. The highest BCUT2D eigenvalue weighted by Gasteiger charge is 2.17. The van der Waals surface area contributed by atoms with Crippen LogP contribution < -0.4 is 16.0 Å². The van der Waals surface area contributed by atoms with Crippen molar-refractivity contribution in [3.8, 4) is 0 Å². The number of nitrogens with one attached hydrogen (secondary N) is 1. The maximum Gasteiger partial charge on any atom is 0.252 e. The lowest BCUT2D eigenvalue weighted by Crippen LogP contribution is -2.33. The summed E-state index contributed by atoms with van der Waals surface area (Å²) in [4.78, 5) is 18.5. The van der Waals surface area contributed by atoms with E-state index in [9.17, 15) is 4.79 Å². The first-order valence-corrected chi connectivity index (χ1v) is 7.40. The molecule has 1 fully saturated rings. The van der Waals surface area contributed by atoms with Crippen molar-refractivity contribution in [2.45, 2.75) is 26.2 Å². The summed E-state index contributed by atoms with van der Waals surface area (Å²) in [5, 5.41) is 2.83. The lowest BCUT2D eigenvalue weighted by atomic mass is 9.99. The fraction of sp³-hybridized carbons (Fsp3) is 0.600. The Morgan fingerprint density at radius 2 is 2.05 bits per heavy atom. The Morgan fingerprint density at radius 3 is 2.59 bits per heavy atom. The van der Waals surface area contributed by atoms with Crippen molar-refractivity contribution in [2.75, 3.05) is 31.1 Å². The first-order chi connectivity index (χ1) is 9.70. The molecule has 1 aliphatic heterocycles. The van der Waals surface area contributed by atoms with Gasteiger partial charge in [0.15, 0.2) is 0 Å². The summed E-state index contributed by atoms with van der Waals surface area (Å²) in [5.74, 6) is 1.69. The summed E-state index contributed by atoms with van der Waals surface area (Å²) in [6, 6.07) is 3.78. The van der Waals surface area contributed by atoms with Crippen LogP contribution in [0, 0.1) is 5.92 Å². The molecule has 5 nitrogen and oxygen atoms in total. The summed E-state index contributed by atoms with van der Waals surface area (Å²) >= 11 is 0. The number of anilines is 1. The number of hydrogen-bond donors (Lipinski definition) is 2. The minimum Gasteiger partial charge on any atom is -0.357 e. The van der Waals surface area contributed by atoms with Crippen molar-refractivity contribution in [1.29, 1.82) is 0 Å². The summed E-state index contributed by atoms with van der Waals surface area (Å²) in [7, 11) is 0. The Kier molecular flexibility index (Phi) is 10.1. The van der Waals surface area contributed by atoms with E-state index < -0.39 is 0 Å². The Hall–Kier alpha value is -1.04. The quantitative estimate of drug-likeness (QED) is 0.800. The van der Waals surface area contributed by atoms with E-state index in [1.807, 2.05) is 12.1 Å². The van der Waals surface area contributed by atoms with Crippen LogP contribution in [0.4, 0.5) is 5.82 Å². The number of rotatable bonds is 5. The lowest BCUT2D eigenvalue weighted by molar-refractivity contribution is 0.0953. The van der Waals surface area contributed by atoms with Gasteiger partial charge in [0.1, 0.15) is 5.82 Å². The second-order valence-electron chi connectivity index (χ2n) is 5.47. The highest BCUT2D eigenvalue weighted by atomic mass is 35.5. The largest absolute Gasteiger partial charge is 0.357 e. The van der Waals surface area contributed by atoms with Gasteiger partial charge in [0.05, 0.1) is 5.56 Å². The van der Waals surface area contributed by atoms with Gasteiger partial charge in [-0.25, -0.2) is 4.98 Å². The molecule has 2 rings (SSSR count). The minimum atomic E-state index is -0.0789. The van der Waals surface area contributed by atoms with Gasteiger partial charge in [0.2, 0.25) is 0 Å². The third-order valence-electron chi connectivity index (χ3n) is 3.78. The smallest absolute Gasteiger partial charge is 0.252 e. The van der Waals surface area contributed by atoms with Crippen LogP contribution in [0.3, 0.4) is 0 Å². The van der Waals surface area contributed by atoms with Crippen molar-refractivity contribution < 1.29 is 4.79 Å². The molecule has 3 N–H and O–H groups in total. The third-order valence-corrected chi connectivity index (χ3v) is 3.78. The molecule has 7 heteroatoms. The first-order valence-electron chi connectivity index (χ1n) is 7.40. The molecule has 0 bridgehead atoms. The normalized spacial score (nSPS) is 14.7. The van der Waals surface area contributed by atoms with Gasteiger partial charge in [0, 0.05) is 25.8 Å². The zero-order valence-electron chi connectivity index (χ0n) is 13.0. The van der Waals surface area contributed by atoms with Crippen LogP contribution in [0.2, 0.25) is 0 Å². The van der Waals surface area contributed by atoms with E-state index in [0.717, 1.165) is 31.2 Å². The van der Waals surface area contributed by atoms with Gasteiger partial charge in [-0.1, -0.05) is 6.92 Å². The molecule has 0 spiro atoms. The van der Waals surface area contributed by atoms with Crippen LogP contribution in [0.25, 0.3) is 0 Å². The first kappa shape index (κ1) is 21.0. The monoisotopic (exact) mass is 348 g/mol. The predicted octanol–water partition coefficient (Wildman–Crippen LogP) is 2.24. The second kappa shape index (κ2) is 10.6. The van der Waals surface area contributed by atoms with Gasteiger partial charge < -0.3 is 16.0 Å². The Bertz CT molecular complexity index is 434. The Labute approximate surface area is 144 Å². The SMILES string of the molecule is CC1CCN(c2ccc(C(=O)NCCCN)cn2)CC1.Cl.Cl. The number of amides is 1. The van der Waals surface area contributed by atoms with Crippen LogP contribution in [-0.2, 0) is 0 Å². The summed E-state index contributed by atoms with van der Waals surface area (Å²) < 4.78 is 0. The minimum absolute atomic E-state index is 0. The molecule has 1 amide bonds. The molecule has 1 aromatic rings. The fourth-order valence-electron chi connectivity index (χ4n) is 2.35. The average molecular weight is 349 g/mol. The Balaban J connectivity index is 0.00000220. The number of nitrogens with two attached hydrogens (primary N) is 1. The van der Waals surface area contributed by atoms with Crippen molar-refractivity contribution in [3.05, 3.63) is 23.9 Å². The van der Waals surface area contributed by atoms with Gasteiger partial charge in [-0.05, 0) is 43.9 Å². The van der Waals surface area contributed by atoms with Gasteiger partial charge in [-0.3, -0.25) is 4.79 Å². The van der Waals surface area contributed by atoms with Crippen LogP contribution >= 0.6 is 24.8 Å². The van der Waals surface area contributed by atoms with E-state index in [2.05, 4.69) is 22.1 Å². The fourth-order valence-corrected chi connectivity index (χ4v) is 2.35. The zero-order chi connectivity index (χ0) is 14.4. The van der Waals surface area contributed by atoms with Gasteiger partial charge in [-0.15, -0.1) is 24.8 Å². The van der Waals surface area contributed by atoms with Crippen LogP contribution in [-0.4, -0.2) is 37.1 Å². The van der Waals surface area contributed by atoms with Crippen molar-refractivity contribution >= 4 is 36.5 Å². The molecule has 0 aliphatic carbocycles. The van der Waals surface area contributed by atoms with E-state index in [1.165, 1.54) is 12.8 Å². The molecule has 0 radical (unpaired) electrons. The van der Waals surface area contributed by atoms with Crippen LogP contribution in [0.5, 0.6) is 0 Å². The van der Waals surface area contributed by atoms with Crippen LogP contribution in [0.15, 0.2) is 18.3 Å². The van der Waals surface area contributed by atoms with Crippen molar-refractivity contribution in [1.82, 2.24) is 10.3 Å². The standard InChI is InChI=1S/C15H24N4O.2ClH/c1-12-5-9-19(10-6-12)14-4-3-13(11-18-14)15(20)17-8-2-7-16;;/h3-4,11-12H,2,5-10,16H2,1H3,(H,17,20);2*1H. The van der Waals surface area contributed by atoms with E-state index in [4.69, 9.17) is 5.73 Å². The number of carbonyl (C=O) groups excluding carboxylic acids is 1. The molecule has 1 saturated heterocycles. The van der Waals surface area contributed by atoms with E-state index in [1.54, 1.807) is 6.20 Å². The summed E-state index contributed by atoms with van der Waals surface area (Å²) in [6.45, 7) is 5.60. The zero-order valence-corrected chi connectivity index (χ0v) is 14.6. The maximum absolute atomic E-state index is 11.8. The second-order valence-corrected chi connectivity index (χ2v) is 5.47. The van der Waals surface area contributed by atoms with Gasteiger partial charge >= 0.3 is 0 Å². The molecular weight excluding hydrogens is 323 g/mol. The Morgan fingerprint density at radius 1 is 1.36 bits per heavy atom. The highest BCUT2D eigenvalue weighted by molar-refractivity contribution is 5.94. The number of aromatic nitrogens is 1. The molecule has 2 heterocycles. The lowest BCUT2D eigenvalue weighted by Gasteiger charge is -2.31. The molecular formula is C15H26Cl2N4O. The molecule has 126 valence electrons. The van der Waals surface area contributed by atoms with Crippen molar-refractivity contribution in [2.24, 2.45) is 11.7 Å². The molecule has 0 unspecified atom stereocenters. The third kappa shape index (κ3) is 5.99. The molecule has 0 atom stereocenters. The number of hydrogen-bond acceptors (Lipinski definition) is 4. The van der Waals surface area contributed by atoms with E-state index >= 15 is 0 Å². The van der Waals surface area contributed by atoms with Gasteiger partial charge in [0.25, 0.3) is 5.91 Å². The van der Waals surface area contributed by atoms with E-state index in [-0.39, 0.29) is 30.7 Å². The molecule has 22 heavy (non-hydrogen) atoms. The predicted molar refractivity (Wildman–Crippen MR) is 95.3 cm³/mol. The number of carbonyl (C=O) groups is 1. The topological polar surface area (TPSA) is 71.2 Å². The average Bonchev–Trinajstić information content (AvgIpc) is 2.48. The molecule has 0 aromatic carbocycles. The maximum atomic E-state index is 11.8. The summed E-state index contributed by atoms with van der Waals surface area (Å²) in [5.41, 5.74) is 6.00. The number of pyridine rings is 1. The highest BCUT2D eigenvalue weighted by Crippen LogP contribution is 2.21. The van der Waals surface area contributed by atoms with Gasteiger partial charge in [-0.2, -0.15) is 0 Å². The van der Waals surface area contributed by atoms with Crippen LogP contribution in [0.1, 0.15) is 36.5 Å². The molecule has 1 aliphatic rings. The van der Waals surface area contributed by atoms with E-state index in [0.29, 0.717) is 18.7 Å². The number of piperidine rings is 1. The van der Waals surface area contributed by atoms with Crippen molar-refractivity contribution in [3.63, 3.8) is 0 Å². The number of nitrogens with zero attached hydrogens (tertiary/aromatic N) is 2. The molecule has 1 aromatic heterocycles. The number of halogens is 2.